The number of allylic oxidation sites excluding steroid dienone is 2. The van der Waals surface area contributed by atoms with Gasteiger partial charge in [0.1, 0.15) is 17.1 Å². The lowest BCUT2D eigenvalue weighted by molar-refractivity contribution is -0.137. The molecule has 0 radical (unpaired) electrons. The normalized spacial score (nSPS) is 11.5. The average Bonchev–Trinajstić information content (AvgIpc) is 2.64. The molecule has 0 spiro atoms. The number of hydrogen-bond acceptors (Lipinski definition) is 3. The molecule has 7 heteroatoms. The molecular formula is C22H21F3O4. The Morgan fingerprint density at radius 1 is 1.14 bits per heavy atom. The van der Waals surface area contributed by atoms with Crippen LogP contribution in [-0.2, 0) is 12.6 Å². The van der Waals surface area contributed by atoms with E-state index in [-0.39, 0.29) is 11.1 Å². The van der Waals surface area contributed by atoms with E-state index in [1.807, 2.05) is 19.9 Å². The van der Waals surface area contributed by atoms with Gasteiger partial charge < -0.3 is 14.9 Å². The van der Waals surface area contributed by atoms with Crippen molar-refractivity contribution < 1.29 is 32.9 Å². The first-order valence-corrected chi connectivity index (χ1v) is 8.69. The molecule has 29 heavy (non-hydrogen) atoms. The molecule has 0 aliphatic rings. The highest BCUT2D eigenvalue weighted by Gasteiger charge is 2.29. The molecule has 0 bridgehead atoms. The van der Waals surface area contributed by atoms with Crippen molar-refractivity contribution in [2.45, 2.75) is 26.4 Å². The van der Waals surface area contributed by atoms with Gasteiger partial charge >= 0.3 is 12.1 Å². The lowest BCUT2D eigenvalue weighted by Gasteiger charge is -2.14. The monoisotopic (exact) mass is 406 g/mol. The minimum Gasteiger partial charge on any atom is -0.507 e. The predicted molar refractivity (Wildman–Crippen MR) is 105 cm³/mol. The number of ether oxygens (including phenoxy) is 1. The number of methoxy groups -OCH3 is 1. The number of phenols is 1. The van der Waals surface area contributed by atoms with Gasteiger partial charge in [-0.05, 0) is 49.6 Å². The van der Waals surface area contributed by atoms with Gasteiger partial charge in [0.05, 0.1) is 12.7 Å². The van der Waals surface area contributed by atoms with Crippen molar-refractivity contribution >= 4 is 18.1 Å². The summed E-state index contributed by atoms with van der Waals surface area (Å²) in [6, 6.07) is 5.93. The smallest absolute Gasteiger partial charge is 0.416 e. The van der Waals surface area contributed by atoms with E-state index in [0.717, 1.165) is 17.7 Å². The molecule has 2 rings (SSSR count). The molecule has 0 saturated carbocycles. The number of benzene rings is 2. The van der Waals surface area contributed by atoms with Gasteiger partial charge in [-0.15, -0.1) is 0 Å². The number of carboxylic acid groups (broad SMARTS) is 1. The van der Waals surface area contributed by atoms with E-state index < -0.39 is 23.5 Å². The Morgan fingerprint density at radius 2 is 1.76 bits per heavy atom. The standard InChI is InChI=1S/C22H21F3O4/c1-13(2)4-11-17-18(29-3)12-15(19(20(17)26)21(27)28)8-5-14-6-9-16(10-7-14)22(23,24)25/h4-10,12,26H,11H2,1-3H3,(H,27,28)/b8-5+. The number of carbonyl (C=O) groups is 1. The summed E-state index contributed by atoms with van der Waals surface area (Å²) in [6.45, 7) is 3.76. The lowest BCUT2D eigenvalue weighted by atomic mass is 9.97. The van der Waals surface area contributed by atoms with Crippen molar-refractivity contribution in [2.24, 2.45) is 0 Å². The molecule has 0 amide bonds. The number of aromatic hydroxyl groups is 1. The second kappa shape index (κ2) is 8.86. The van der Waals surface area contributed by atoms with Crippen LogP contribution in [0.1, 0.15) is 46.5 Å². The van der Waals surface area contributed by atoms with E-state index in [4.69, 9.17) is 4.74 Å². The largest absolute Gasteiger partial charge is 0.507 e. The molecule has 154 valence electrons. The van der Waals surface area contributed by atoms with Crippen LogP contribution < -0.4 is 4.74 Å². The fourth-order valence-electron chi connectivity index (χ4n) is 2.72. The van der Waals surface area contributed by atoms with Crippen molar-refractivity contribution in [1.82, 2.24) is 0 Å². The molecule has 0 fully saturated rings. The average molecular weight is 406 g/mol. The van der Waals surface area contributed by atoms with E-state index in [2.05, 4.69) is 0 Å². The van der Waals surface area contributed by atoms with Crippen LogP contribution in [0.15, 0.2) is 42.0 Å². The van der Waals surface area contributed by atoms with Crippen LogP contribution in [0.25, 0.3) is 12.2 Å². The van der Waals surface area contributed by atoms with Crippen LogP contribution in [-0.4, -0.2) is 23.3 Å². The first-order chi connectivity index (χ1) is 13.5. The summed E-state index contributed by atoms with van der Waals surface area (Å²) in [5, 5.41) is 20.1. The predicted octanol–water partition coefficient (Wildman–Crippen LogP) is 5.80. The van der Waals surface area contributed by atoms with Crippen LogP contribution in [0.3, 0.4) is 0 Å². The fraction of sp³-hybridized carbons (Fsp3) is 0.227. The summed E-state index contributed by atoms with van der Waals surface area (Å²) in [5.41, 5.74) is 0.886. The summed E-state index contributed by atoms with van der Waals surface area (Å²) in [6.07, 6.45) is 0.579. The zero-order valence-electron chi connectivity index (χ0n) is 16.2. The summed E-state index contributed by atoms with van der Waals surface area (Å²) >= 11 is 0. The second-order valence-corrected chi connectivity index (χ2v) is 6.61. The molecular weight excluding hydrogens is 385 g/mol. The molecule has 0 saturated heterocycles. The Hall–Kier alpha value is -3.22. The number of aromatic carboxylic acids is 1. The molecule has 2 aromatic carbocycles. The first kappa shape index (κ1) is 22.1. The van der Waals surface area contributed by atoms with Crippen molar-refractivity contribution in [2.75, 3.05) is 7.11 Å². The summed E-state index contributed by atoms with van der Waals surface area (Å²) < 4.78 is 43.3. The topological polar surface area (TPSA) is 66.8 Å². The molecule has 0 aliphatic heterocycles. The molecule has 0 unspecified atom stereocenters. The van der Waals surface area contributed by atoms with Crippen molar-refractivity contribution in [1.29, 1.82) is 0 Å². The minimum absolute atomic E-state index is 0.174. The summed E-state index contributed by atoms with van der Waals surface area (Å²) in [7, 11) is 1.41. The van der Waals surface area contributed by atoms with E-state index in [1.54, 1.807) is 0 Å². The SMILES string of the molecule is COc1cc(/C=C/c2ccc(C(F)(F)F)cc2)c(C(=O)O)c(O)c1CC=C(C)C. The maximum Gasteiger partial charge on any atom is 0.416 e. The van der Waals surface area contributed by atoms with Gasteiger partial charge in [0.25, 0.3) is 0 Å². The Labute approximate surface area is 166 Å². The lowest BCUT2D eigenvalue weighted by Crippen LogP contribution is -2.05. The number of alkyl halides is 3. The van der Waals surface area contributed by atoms with Crippen LogP contribution in [0.4, 0.5) is 13.2 Å². The third kappa shape index (κ3) is 5.40. The molecule has 0 aromatic heterocycles. The molecule has 0 heterocycles. The Balaban J connectivity index is 2.49. The van der Waals surface area contributed by atoms with Gasteiger partial charge in [0.2, 0.25) is 0 Å². The fourth-order valence-corrected chi connectivity index (χ4v) is 2.72. The van der Waals surface area contributed by atoms with Crippen molar-refractivity contribution in [3.8, 4) is 11.5 Å². The van der Waals surface area contributed by atoms with Gasteiger partial charge in [0.15, 0.2) is 0 Å². The van der Waals surface area contributed by atoms with Gasteiger partial charge in [-0.3, -0.25) is 0 Å². The van der Waals surface area contributed by atoms with Gasteiger partial charge in [0, 0.05) is 5.56 Å². The van der Waals surface area contributed by atoms with E-state index in [9.17, 15) is 28.2 Å². The van der Waals surface area contributed by atoms with Gasteiger partial charge in [-0.1, -0.05) is 35.9 Å². The Morgan fingerprint density at radius 3 is 2.24 bits per heavy atom. The molecule has 0 aliphatic carbocycles. The third-order valence-electron chi connectivity index (χ3n) is 4.24. The number of rotatable bonds is 6. The zero-order valence-corrected chi connectivity index (χ0v) is 16.2. The minimum atomic E-state index is -4.43. The molecule has 2 aromatic rings. The summed E-state index contributed by atoms with van der Waals surface area (Å²) in [5.74, 6) is -1.41. The molecule has 4 nitrogen and oxygen atoms in total. The van der Waals surface area contributed by atoms with E-state index in [1.165, 1.54) is 37.5 Å². The highest BCUT2D eigenvalue weighted by atomic mass is 19.4. The number of hydrogen-bond donors (Lipinski definition) is 2. The number of halogens is 3. The summed E-state index contributed by atoms with van der Waals surface area (Å²) in [4.78, 5) is 11.7. The zero-order chi connectivity index (χ0) is 21.8. The van der Waals surface area contributed by atoms with Crippen LogP contribution >= 0.6 is 0 Å². The molecule has 0 atom stereocenters. The Kier molecular flexibility index (Phi) is 6.74. The second-order valence-electron chi connectivity index (χ2n) is 6.61. The van der Waals surface area contributed by atoms with Crippen molar-refractivity contribution in [3.05, 3.63) is 69.8 Å². The van der Waals surface area contributed by atoms with Crippen LogP contribution in [0, 0.1) is 0 Å². The maximum absolute atomic E-state index is 12.7. The van der Waals surface area contributed by atoms with Gasteiger partial charge in [-0.25, -0.2) is 4.79 Å². The third-order valence-corrected chi connectivity index (χ3v) is 4.24. The van der Waals surface area contributed by atoms with Crippen LogP contribution in [0.5, 0.6) is 11.5 Å². The highest BCUT2D eigenvalue weighted by Crippen LogP contribution is 2.36. The van der Waals surface area contributed by atoms with Gasteiger partial charge in [-0.2, -0.15) is 13.2 Å². The molecule has 2 N–H and O–H groups in total. The van der Waals surface area contributed by atoms with E-state index in [0.29, 0.717) is 23.3 Å². The maximum atomic E-state index is 12.7. The number of carboxylic acids is 1. The van der Waals surface area contributed by atoms with E-state index >= 15 is 0 Å². The highest BCUT2D eigenvalue weighted by molar-refractivity contribution is 5.97. The van der Waals surface area contributed by atoms with Crippen molar-refractivity contribution in [3.63, 3.8) is 0 Å². The van der Waals surface area contributed by atoms with Crippen LogP contribution in [0.2, 0.25) is 0 Å². The quantitative estimate of drug-likeness (QED) is 0.470. The first-order valence-electron chi connectivity index (χ1n) is 8.69. The Bertz CT molecular complexity index is 952.